The van der Waals surface area contributed by atoms with Crippen LogP contribution < -0.4 is 0 Å². The average molecular weight is 434 g/mol. The van der Waals surface area contributed by atoms with Gasteiger partial charge in [0.15, 0.2) is 0 Å². The van der Waals surface area contributed by atoms with Gasteiger partial charge in [-0.05, 0) is 63.0 Å². The first kappa shape index (κ1) is 17.9. The zero-order chi connectivity index (χ0) is 22.2. The van der Waals surface area contributed by atoms with Crippen molar-refractivity contribution in [3.05, 3.63) is 109 Å². The highest BCUT2D eigenvalue weighted by molar-refractivity contribution is 6.17. The molecule has 0 atom stereocenters. The summed E-state index contributed by atoms with van der Waals surface area (Å²) in [6.45, 7) is 0. The molecule has 0 saturated heterocycles. The molecule has 0 aliphatic rings. The third-order valence-electron chi connectivity index (χ3n) is 7.03. The Morgan fingerprint density at radius 2 is 0.912 bits per heavy atom. The van der Waals surface area contributed by atoms with Crippen molar-refractivity contribution in [1.29, 1.82) is 0 Å². The summed E-state index contributed by atoms with van der Waals surface area (Å²) in [5.41, 5.74) is 5.95. The molecule has 158 valence electrons. The first-order valence-corrected chi connectivity index (χ1v) is 11.5. The van der Waals surface area contributed by atoms with Crippen LogP contribution in [0.1, 0.15) is 0 Å². The quantitative estimate of drug-likeness (QED) is 0.240. The normalized spacial score (nSPS) is 12.1. The minimum Gasteiger partial charge on any atom is -0.456 e. The molecule has 8 rings (SSSR count). The average Bonchev–Trinajstić information content (AvgIpc) is 3.42. The lowest BCUT2D eigenvalue weighted by molar-refractivity contribution is 0.656. The van der Waals surface area contributed by atoms with E-state index >= 15 is 0 Å². The fourth-order valence-corrected chi connectivity index (χ4v) is 5.48. The van der Waals surface area contributed by atoms with E-state index in [9.17, 15) is 0 Å². The smallest absolute Gasteiger partial charge is 0.139 e. The van der Waals surface area contributed by atoms with Crippen molar-refractivity contribution < 1.29 is 8.83 Å². The number of rotatable bonds is 1. The highest BCUT2D eigenvalue weighted by Gasteiger charge is 2.15. The highest BCUT2D eigenvalue weighted by Crippen LogP contribution is 2.41. The minimum absolute atomic E-state index is 0.849. The molecule has 2 heterocycles. The SMILES string of the molecule is c1ccc2c(-c3ccc4oc5cc6oc7ccccc7c6cc5c4c3)c3ccccc3cc2c1. The number of benzene rings is 6. The van der Waals surface area contributed by atoms with Gasteiger partial charge in [-0.3, -0.25) is 0 Å². The van der Waals surface area contributed by atoms with Crippen molar-refractivity contribution in [3.8, 4) is 11.1 Å². The van der Waals surface area contributed by atoms with E-state index in [1.807, 2.05) is 18.2 Å². The predicted octanol–water partition coefficient (Wildman–Crippen LogP) is 9.46. The molecule has 0 bridgehead atoms. The van der Waals surface area contributed by atoms with E-state index in [0.29, 0.717) is 0 Å². The molecule has 2 aromatic heterocycles. The van der Waals surface area contributed by atoms with Crippen LogP contribution in [-0.4, -0.2) is 0 Å². The van der Waals surface area contributed by atoms with Crippen molar-refractivity contribution in [3.63, 3.8) is 0 Å². The monoisotopic (exact) mass is 434 g/mol. The molecule has 2 nitrogen and oxygen atoms in total. The lowest BCUT2D eigenvalue weighted by Crippen LogP contribution is -1.85. The van der Waals surface area contributed by atoms with Gasteiger partial charge in [0, 0.05) is 27.6 Å². The lowest BCUT2D eigenvalue weighted by atomic mass is 9.91. The van der Waals surface area contributed by atoms with Gasteiger partial charge in [0.25, 0.3) is 0 Å². The van der Waals surface area contributed by atoms with Crippen LogP contribution in [0, 0.1) is 0 Å². The van der Waals surface area contributed by atoms with Gasteiger partial charge in [0.05, 0.1) is 0 Å². The fraction of sp³-hybridized carbons (Fsp3) is 0. The van der Waals surface area contributed by atoms with E-state index in [0.717, 1.165) is 43.9 Å². The minimum atomic E-state index is 0.849. The van der Waals surface area contributed by atoms with Gasteiger partial charge in [0.1, 0.15) is 22.3 Å². The second-order valence-electron chi connectivity index (χ2n) is 8.95. The highest BCUT2D eigenvalue weighted by atomic mass is 16.3. The van der Waals surface area contributed by atoms with Crippen molar-refractivity contribution in [2.45, 2.75) is 0 Å². The van der Waals surface area contributed by atoms with E-state index < -0.39 is 0 Å². The van der Waals surface area contributed by atoms with Crippen LogP contribution in [0.15, 0.2) is 118 Å². The van der Waals surface area contributed by atoms with E-state index in [1.165, 1.54) is 32.7 Å². The Bertz CT molecular complexity index is 2020. The van der Waals surface area contributed by atoms with Gasteiger partial charge in [-0.2, -0.15) is 0 Å². The summed E-state index contributed by atoms with van der Waals surface area (Å²) in [4.78, 5) is 0. The topological polar surface area (TPSA) is 26.3 Å². The summed E-state index contributed by atoms with van der Waals surface area (Å²) in [7, 11) is 0. The Kier molecular flexibility index (Phi) is 3.42. The van der Waals surface area contributed by atoms with Gasteiger partial charge in [0.2, 0.25) is 0 Å². The van der Waals surface area contributed by atoms with Crippen molar-refractivity contribution in [1.82, 2.24) is 0 Å². The number of fused-ring (bicyclic) bond motifs is 8. The molecular weight excluding hydrogens is 416 g/mol. The van der Waals surface area contributed by atoms with Crippen LogP contribution in [0.2, 0.25) is 0 Å². The van der Waals surface area contributed by atoms with Crippen LogP contribution in [0.5, 0.6) is 0 Å². The summed E-state index contributed by atoms with van der Waals surface area (Å²) < 4.78 is 12.3. The molecule has 0 aliphatic heterocycles. The molecule has 0 amide bonds. The van der Waals surface area contributed by atoms with E-state index in [2.05, 4.69) is 91.0 Å². The molecule has 0 radical (unpaired) electrons. The third kappa shape index (κ3) is 2.40. The maximum atomic E-state index is 6.26. The van der Waals surface area contributed by atoms with Crippen LogP contribution in [0.3, 0.4) is 0 Å². The van der Waals surface area contributed by atoms with Crippen LogP contribution in [0.25, 0.3) is 76.5 Å². The second kappa shape index (κ2) is 6.49. The summed E-state index contributed by atoms with van der Waals surface area (Å²) in [5.74, 6) is 0. The standard InChI is InChI=1S/C32H18O2/c1-3-9-22-19(7-1)15-20-8-2-4-10-23(20)32(22)21-13-14-29-25(16-21)27-17-26-24-11-5-6-12-28(24)33-30(26)18-31(27)34-29/h1-18H. The predicted molar refractivity (Wildman–Crippen MR) is 141 cm³/mol. The van der Waals surface area contributed by atoms with Crippen molar-refractivity contribution >= 4 is 65.4 Å². The largest absolute Gasteiger partial charge is 0.456 e. The first-order chi connectivity index (χ1) is 16.8. The molecule has 34 heavy (non-hydrogen) atoms. The zero-order valence-corrected chi connectivity index (χ0v) is 18.2. The van der Waals surface area contributed by atoms with Gasteiger partial charge in [-0.25, -0.2) is 0 Å². The Balaban J connectivity index is 1.48. The molecule has 0 N–H and O–H groups in total. The molecule has 0 aliphatic carbocycles. The molecule has 0 saturated carbocycles. The van der Waals surface area contributed by atoms with Crippen molar-refractivity contribution in [2.75, 3.05) is 0 Å². The summed E-state index contributed by atoms with van der Waals surface area (Å²) in [6.07, 6.45) is 0. The Hall–Kier alpha value is -4.56. The van der Waals surface area contributed by atoms with Gasteiger partial charge in [-0.1, -0.05) is 72.8 Å². The second-order valence-corrected chi connectivity index (χ2v) is 8.95. The Morgan fingerprint density at radius 3 is 1.65 bits per heavy atom. The molecule has 0 fully saturated rings. The molecule has 8 aromatic rings. The number of hydrogen-bond acceptors (Lipinski definition) is 2. The number of para-hydroxylation sites is 1. The summed E-state index contributed by atoms with van der Waals surface area (Å²) in [5, 5.41) is 9.50. The summed E-state index contributed by atoms with van der Waals surface area (Å²) >= 11 is 0. The van der Waals surface area contributed by atoms with Gasteiger partial charge < -0.3 is 8.83 Å². The van der Waals surface area contributed by atoms with E-state index in [1.54, 1.807) is 0 Å². The molecule has 0 spiro atoms. The molecular formula is C32H18O2. The van der Waals surface area contributed by atoms with Crippen LogP contribution in [-0.2, 0) is 0 Å². The maximum Gasteiger partial charge on any atom is 0.139 e. The Morgan fingerprint density at radius 1 is 0.353 bits per heavy atom. The van der Waals surface area contributed by atoms with Gasteiger partial charge >= 0.3 is 0 Å². The molecule has 0 unspecified atom stereocenters. The van der Waals surface area contributed by atoms with Crippen LogP contribution >= 0.6 is 0 Å². The van der Waals surface area contributed by atoms with E-state index in [4.69, 9.17) is 8.83 Å². The number of furan rings is 2. The molecule has 6 aromatic carbocycles. The van der Waals surface area contributed by atoms with E-state index in [-0.39, 0.29) is 0 Å². The van der Waals surface area contributed by atoms with Gasteiger partial charge in [-0.15, -0.1) is 0 Å². The third-order valence-corrected chi connectivity index (χ3v) is 7.03. The van der Waals surface area contributed by atoms with Crippen molar-refractivity contribution in [2.24, 2.45) is 0 Å². The van der Waals surface area contributed by atoms with Crippen LogP contribution in [0.4, 0.5) is 0 Å². The number of hydrogen-bond donors (Lipinski definition) is 0. The Labute approximate surface area is 194 Å². The first-order valence-electron chi connectivity index (χ1n) is 11.5. The maximum absolute atomic E-state index is 6.26. The zero-order valence-electron chi connectivity index (χ0n) is 18.2. The fourth-order valence-electron chi connectivity index (χ4n) is 5.48. The molecule has 2 heteroatoms. The summed E-state index contributed by atoms with van der Waals surface area (Å²) in [6, 6.07) is 38.5. The lowest BCUT2D eigenvalue weighted by Gasteiger charge is -2.12.